The van der Waals surface area contributed by atoms with Crippen molar-refractivity contribution >= 4 is 18.0 Å². The minimum atomic E-state index is -0.311. The number of hydrogen-bond donors (Lipinski definition) is 1. The van der Waals surface area contributed by atoms with Crippen LogP contribution in [0.15, 0.2) is 0 Å². The Balaban J connectivity index is 3.50. The highest BCUT2D eigenvalue weighted by Crippen LogP contribution is 2.07. The van der Waals surface area contributed by atoms with E-state index >= 15 is 0 Å². The largest absolute Gasteiger partial charge is 0.367 e. The van der Waals surface area contributed by atoms with Gasteiger partial charge in [-0.2, -0.15) is 11.8 Å². The van der Waals surface area contributed by atoms with Crippen molar-refractivity contribution in [3.8, 4) is 0 Å². The van der Waals surface area contributed by atoms with E-state index in [1.807, 2.05) is 25.6 Å². The van der Waals surface area contributed by atoms with E-state index in [2.05, 4.69) is 18.5 Å². The van der Waals surface area contributed by atoms with E-state index in [0.29, 0.717) is 11.8 Å². The third-order valence-electron chi connectivity index (χ3n) is 2.07. The fourth-order valence-electron chi connectivity index (χ4n) is 1.15. The minimum absolute atomic E-state index is 0.104. The molecule has 0 fully saturated rings. The summed E-state index contributed by atoms with van der Waals surface area (Å²) < 4.78 is 5.40. The van der Waals surface area contributed by atoms with Crippen LogP contribution in [0.3, 0.4) is 0 Å². The summed E-state index contributed by atoms with van der Waals surface area (Å²) in [4.78, 5) is 10.7. The first-order chi connectivity index (χ1) is 7.10. The molecule has 0 spiro atoms. The lowest BCUT2D eigenvalue weighted by Gasteiger charge is -2.16. The summed E-state index contributed by atoms with van der Waals surface area (Å²) in [5, 5.41) is 3.90. The van der Waals surface area contributed by atoms with Crippen LogP contribution >= 0.6 is 11.8 Å². The van der Waals surface area contributed by atoms with Gasteiger partial charge in [0, 0.05) is 11.8 Å². The van der Waals surface area contributed by atoms with Crippen LogP contribution in [0.5, 0.6) is 0 Å². The summed E-state index contributed by atoms with van der Waals surface area (Å²) in [5.74, 6) is 0. The minimum Gasteiger partial charge on any atom is -0.367 e. The van der Waals surface area contributed by atoms with Crippen LogP contribution in [0.1, 0.15) is 27.2 Å². The highest BCUT2D eigenvalue weighted by Gasteiger charge is 2.09. The molecule has 0 aromatic rings. The molecule has 0 saturated carbocycles. The molecular formula is C11H23NO2S. The smallest absolute Gasteiger partial charge is 0.150 e. The van der Waals surface area contributed by atoms with Gasteiger partial charge in [0.2, 0.25) is 0 Å². The number of carbonyl (C=O) groups is 1. The molecule has 0 aromatic heterocycles. The molecule has 0 radical (unpaired) electrons. The van der Waals surface area contributed by atoms with Gasteiger partial charge in [-0.15, -0.1) is 0 Å². The van der Waals surface area contributed by atoms with Gasteiger partial charge in [-0.25, -0.2) is 0 Å². The number of hydrogen-bond acceptors (Lipinski definition) is 4. The molecule has 0 heterocycles. The molecule has 2 unspecified atom stereocenters. The summed E-state index contributed by atoms with van der Waals surface area (Å²) >= 11 is 1.86. The highest BCUT2D eigenvalue weighted by atomic mass is 32.2. The van der Waals surface area contributed by atoms with Crippen molar-refractivity contribution in [2.75, 3.05) is 19.3 Å². The molecule has 0 aliphatic heterocycles. The van der Waals surface area contributed by atoms with Crippen LogP contribution in [0.25, 0.3) is 0 Å². The Labute approximate surface area is 97.3 Å². The van der Waals surface area contributed by atoms with Crippen LogP contribution < -0.4 is 5.32 Å². The SMILES string of the molecule is CSC(C)CCNCC(C=O)OC(C)C. The molecule has 0 aliphatic carbocycles. The molecule has 2 atom stereocenters. The van der Waals surface area contributed by atoms with Crippen LogP contribution in [0.2, 0.25) is 0 Å². The Morgan fingerprint density at radius 1 is 1.40 bits per heavy atom. The zero-order chi connectivity index (χ0) is 11.7. The van der Waals surface area contributed by atoms with Gasteiger partial charge in [-0.3, -0.25) is 0 Å². The first-order valence-electron chi connectivity index (χ1n) is 5.44. The molecule has 0 bridgehead atoms. The van der Waals surface area contributed by atoms with Crippen LogP contribution in [-0.4, -0.2) is 43.1 Å². The molecule has 0 saturated heterocycles. The van der Waals surface area contributed by atoms with Gasteiger partial charge < -0.3 is 14.8 Å². The Bertz CT molecular complexity index is 165. The Hall–Kier alpha value is -0.0600. The summed E-state index contributed by atoms with van der Waals surface area (Å²) in [6, 6.07) is 0. The number of aldehydes is 1. The Morgan fingerprint density at radius 2 is 2.07 bits per heavy atom. The third kappa shape index (κ3) is 8.90. The molecule has 0 aliphatic rings. The Kier molecular flexibility index (Phi) is 9.15. The van der Waals surface area contributed by atoms with Crippen molar-refractivity contribution in [2.45, 2.75) is 44.6 Å². The molecule has 3 nitrogen and oxygen atoms in total. The summed E-state index contributed by atoms with van der Waals surface area (Å²) in [6.45, 7) is 7.63. The topological polar surface area (TPSA) is 38.3 Å². The number of nitrogens with one attached hydrogen (secondary N) is 1. The average Bonchev–Trinajstić information content (AvgIpc) is 2.21. The standard InChI is InChI=1S/C11H23NO2S/c1-9(2)14-11(8-13)7-12-6-5-10(3)15-4/h8-12H,5-7H2,1-4H3. The molecule has 1 N–H and O–H groups in total. The quantitative estimate of drug-likeness (QED) is 0.486. The molecule has 15 heavy (non-hydrogen) atoms. The lowest BCUT2D eigenvalue weighted by atomic mass is 10.3. The van der Waals surface area contributed by atoms with E-state index in [4.69, 9.17) is 4.74 Å². The second-order valence-electron chi connectivity index (χ2n) is 3.90. The third-order valence-corrected chi connectivity index (χ3v) is 3.11. The van der Waals surface area contributed by atoms with Gasteiger partial charge in [-0.1, -0.05) is 6.92 Å². The number of ether oxygens (including phenoxy) is 1. The van der Waals surface area contributed by atoms with Crippen molar-refractivity contribution in [1.29, 1.82) is 0 Å². The highest BCUT2D eigenvalue weighted by molar-refractivity contribution is 7.99. The van der Waals surface area contributed by atoms with Gasteiger partial charge in [0.25, 0.3) is 0 Å². The van der Waals surface area contributed by atoms with Crippen molar-refractivity contribution in [2.24, 2.45) is 0 Å². The Morgan fingerprint density at radius 3 is 2.53 bits per heavy atom. The second kappa shape index (κ2) is 9.19. The maximum atomic E-state index is 10.7. The fourth-order valence-corrected chi connectivity index (χ4v) is 1.50. The van der Waals surface area contributed by atoms with Crippen molar-refractivity contribution < 1.29 is 9.53 Å². The van der Waals surface area contributed by atoms with Crippen molar-refractivity contribution in [1.82, 2.24) is 5.32 Å². The van der Waals surface area contributed by atoms with E-state index in [-0.39, 0.29) is 12.2 Å². The first kappa shape index (κ1) is 14.9. The molecule has 0 aromatic carbocycles. The molecule has 0 amide bonds. The van der Waals surface area contributed by atoms with Gasteiger partial charge in [0.1, 0.15) is 12.4 Å². The van der Waals surface area contributed by atoms with E-state index in [9.17, 15) is 4.79 Å². The normalized spacial score (nSPS) is 15.3. The second-order valence-corrected chi connectivity index (χ2v) is 5.17. The van der Waals surface area contributed by atoms with E-state index in [1.54, 1.807) is 0 Å². The zero-order valence-electron chi connectivity index (χ0n) is 10.2. The van der Waals surface area contributed by atoms with Gasteiger partial charge >= 0.3 is 0 Å². The fraction of sp³-hybridized carbons (Fsp3) is 0.909. The molecule has 0 rings (SSSR count). The van der Waals surface area contributed by atoms with E-state index < -0.39 is 0 Å². The number of carbonyl (C=O) groups excluding carboxylic acids is 1. The van der Waals surface area contributed by atoms with Crippen LogP contribution in [0.4, 0.5) is 0 Å². The number of thioether (sulfide) groups is 1. The number of rotatable bonds is 9. The first-order valence-corrected chi connectivity index (χ1v) is 6.73. The van der Waals surface area contributed by atoms with Gasteiger partial charge in [0.15, 0.2) is 0 Å². The van der Waals surface area contributed by atoms with Crippen molar-refractivity contribution in [3.63, 3.8) is 0 Å². The lowest BCUT2D eigenvalue weighted by Crippen LogP contribution is -2.33. The monoisotopic (exact) mass is 233 g/mol. The van der Waals surface area contributed by atoms with Gasteiger partial charge in [0.05, 0.1) is 6.10 Å². The summed E-state index contributed by atoms with van der Waals surface area (Å²) in [6.07, 6.45) is 3.89. The lowest BCUT2D eigenvalue weighted by molar-refractivity contribution is -0.120. The van der Waals surface area contributed by atoms with E-state index in [1.165, 1.54) is 0 Å². The van der Waals surface area contributed by atoms with Crippen LogP contribution in [0, 0.1) is 0 Å². The predicted molar refractivity (Wildman–Crippen MR) is 66.5 cm³/mol. The maximum absolute atomic E-state index is 10.7. The van der Waals surface area contributed by atoms with Crippen molar-refractivity contribution in [3.05, 3.63) is 0 Å². The molecule has 90 valence electrons. The summed E-state index contributed by atoms with van der Waals surface area (Å²) in [7, 11) is 0. The van der Waals surface area contributed by atoms with Gasteiger partial charge in [-0.05, 0) is 33.1 Å². The predicted octanol–water partition coefficient (Wildman–Crippen LogP) is 1.71. The van der Waals surface area contributed by atoms with E-state index in [0.717, 1.165) is 19.3 Å². The summed E-state index contributed by atoms with van der Waals surface area (Å²) in [5.41, 5.74) is 0. The molecule has 4 heteroatoms. The zero-order valence-corrected chi connectivity index (χ0v) is 11.0. The maximum Gasteiger partial charge on any atom is 0.150 e. The average molecular weight is 233 g/mol. The molecular weight excluding hydrogens is 210 g/mol. The van der Waals surface area contributed by atoms with Crippen LogP contribution in [-0.2, 0) is 9.53 Å².